The van der Waals surface area contributed by atoms with Gasteiger partial charge in [0.15, 0.2) is 11.6 Å². The fraction of sp³-hybridized carbons (Fsp3) is 0.259. The molecule has 4 heteroatoms. The number of unbranched alkanes of at least 4 members (excludes halogenated alkanes) is 1. The van der Waals surface area contributed by atoms with E-state index in [1.165, 1.54) is 4.90 Å². The number of benzene rings is 3. The standard InChI is InChI=1S/C27H27NO2S/c1-4-6-7-27(30)19-9-15-25-23(17-19)22-16-18(26(29)5-2)8-14-24(22)28(25)20-10-12-21(31-3)13-11-20/h8-17H,4-7H2,1-3H3. The van der Waals surface area contributed by atoms with Gasteiger partial charge in [-0.1, -0.05) is 20.3 Å². The second-order valence-electron chi connectivity index (χ2n) is 7.80. The van der Waals surface area contributed by atoms with Gasteiger partial charge in [-0.15, -0.1) is 11.8 Å². The van der Waals surface area contributed by atoms with Gasteiger partial charge in [-0.05, 0) is 73.3 Å². The Labute approximate surface area is 187 Å². The second kappa shape index (κ2) is 9.11. The first kappa shape index (κ1) is 21.4. The Hall–Kier alpha value is -2.85. The molecule has 0 fully saturated rings. The van der Waals surface area contributed by atoms with Crippen LogP contribution in [0.5, 0.6) is 0 Å². The maximum Gasteiger partial charge on any atom is 0.162 e. The van der Waals surface area contributed by atoms with Crippen molar-refractivity contribution in [2.24, 2.45) is 0 Å². The van der Waals surface area contributed by atoms with Crippen molar-refractivity contribution in [2.75, 3.05) is 6.26 Å². The molecular formula is C27H27NO2S. The van der Waals surface area contributed by atoms with Crippen LogP contribution in [0.2, 0.25) is 0 Å². The van der Waals surface area contributed by atoms with E-state index >= 15 is 0 Å². The Morgan fingerprint density at radius 1 is 0.806 bits per heavy atom. The molecule has 1 aromatic heterocycles. The third-order valence-electron chi connectivity index (χ3n) is 5.82. The van der Waals surface area contributed by atoms with Gasteiger partial charge < -0.3 is 4.57 Å². The van der Waals surface area contributed by atoms with Crippen LogP contribution in [0.1, 0.15) is 60.2 Å². The molecule has 0 radical (unpaired) electrons. The zero-order chi connectivity index (χ0) is 22.0. The Balaban J connectivity index is 1.96. The summed E-state index contributed by atoms with van der Waals surface area (Å²) in [6, 6.07) is 20.4. The Bertz CT molecular complexity index is 1270. The second-order valence-corrected chi connectivity index (χ2v) is 8.68. The molecule has 1 heterocycles. The minimum absolute atomic E-state index is 0.127. The lowest BCUT2D eigenvalue weighted by molar-refractivity contribution is 0.0975. The van der Waals surface area contributed by atoms with Crippen molar-refractivity contribution >= 4 is 45.1 Å². The number of thioether (sulfide) groups is 1. The van der Waals surface area contributed by atoms with Crippen LogP contribution in [0, 0.1) is 0 Å². The summed E-state index contributed by atoms with van der Waals surface area (Å²) in [7, 11) is 0. The number of fused-ring (bicyclic) bond motifs is 3. The molecule has 3 nitrogen and oxygen atoms in total. The predicted octanol–water partition coefficient (Wildman–Crippen LogP) is 7.47. The summed E-state index contributed by atoms with van der Waals surface area (Å²) in [5.41, 5.74) is 4.61. The molecule has 0 bridgehead atoms. The van der Waals surface area contributed by atoms with Gasteiger partial charge in [0.05, 0.1) is 11.0 Å². The molecule has 158 valence electrons. The highest BCUT2D eigenvalue weighted by Gasteiger charge is 2.16. The Morgan fingerprint density at radius 2 is 1.39 bits per heavy atom. The van der Waals surface area contributed by atoms with E-state index < -0.39 is 0 Å². The van der Waals surface area contributed by atoms with Crippen molar-refractivity contribution in [3.63, 3.8) is 0 Å². The number of nitrogens with zero attached hydrogens (tertiary/aromatic N) is 1. The molecular weight excluding hydrogens is 402 g/mol. The van der Waals surface area contributed by atoms with Crippen molar-refractivity contribution in [1.29, 1.82) is 0 Å². The van der Waals surface area contributed by atoms with E-state index in [0.29, 0.717) is 12.8 Å². The van der Waals surface area contributed by atoms with Gasteiger partial charge in [0.2, 0.25) is 0 Å². The molecule has 31 heavy (non-hydrogen) atoms. The molecule has 4 rings (SSSR count). The molecule has 0 aliphatic heterocycles. The predicted molar refractivity (Wildman–Crippen MR) is 131 cm³/mol. The number of rotatable bonds is 8. The minimum Gasteiger partial charge on any atom is -0.309 e. The number of carbonyl (C=O) groups excluding carboxylic acids is 2. The van der Waals surface area contributed by atoms with Gasteiger partial charge >= 0.3 is 0 Å². The lowest BCUT2D eigenvalue weighted by atomic mass is 10.0. The maximum atomic E-state index is 12.7. The lowest BCUT2D eigenvalue weighted by Crippen LogP contribution is -1.99. The fourth-order valence-electron chi connectivity index (χ4n) is 4.07. The number of hydrogen-bond donors (Lipinski definition) is 0. The van der Waals surface area contributed by atoms with Crippen LogP contribution in [0.4, 0.5) is 0 Å². The lowest BCUT2D eigenvalue weighted by Gasteiger charge is -2.09. The first-order chi connectivity index (χ1) is 15.1. The third-order valence-corrected chi connectivity index (χ3v) is 6.56. The van der Waals surface area contributed by atoms with Gasteiger partial charge in [-0.3, -0.25) is 9.59 Å². The molecule has 3 aromatic carbocycles. The molecule has 0 N–H and O–H groups in total. The molecule has 0 amide bonds. The van der Waals surface area contributed by atoms with Crippen LogP contribution in [0.3, 0.4) is 0 Å². The van der Waals surface area contributed by atoms with Crippen LogP contribution in [-0.4, -0.2) is 22.4 Å². The number of ketones is 2. The summed E-state index contributed by atoms with van der Waals surface area (Å²) >= 11 is 1.72. The van der Waals surface area contributed by atoms with Gasteiger partial charge in [0, 0.05) is 45.3 Å². The van der Waals surface area contributed by atoms with Crippen molar-refractivity contribution in [3.8, 4) is 5.69 Å². The molecule has 0 aliphatic carbocycles. The van der Waals surface area contributed by atoms with E-state index in [9.17, 15) is 9.59 Å². The Kier molecular flexibility index (Phi) is 6.28. The van der Waals surface area contributed by atoms with Crippen molar-refractivity contribution in [2.45, 2.75) is 44.4 Å². The highest BCUT2D eigenvalue weighted by Crippen LogP contribution is 2.34. The van der Waals surface area contributed by atoms with E-state index in [1.807, 2.05) is 43.3 Å². The Morgan fingerprint density at radius 3 is 1.90 bits per heavy atom. The molecule has 0 saturated heterocycles. The average Bonchev–Trinajstić information content (AvgIpc) is 3.14. The summed E-state index contributed by atoms with van der Waals surface area (Å²) < 4.78 is 2.22. The monoisotopic (exact) mass is 429 g/mol. The highest BCUT2D eigenvalue weighted by molar-refractivity contribution is 7.98. The normalized spacial score (nSPS) is 11.3. The van der Waals surface area contributed by atoms with E-state index in [4.69, 9.17) is 0 Å². The highest BCUT2D eigenvalue weighted by atomic mass is 32.2. The SMILES string of the molecule is CCCCC(=O)c1ccc2c(c1)c1cc(C(=O)CC)ccc1n2-c1ccc(SC)cc1. The van der Waals surface area contributed by atoms with Crippen molar-refractivity contribution < 1.29 is 9.59 Å². The van der Waals surface area contributed by atoms with Gasteiger partial charge in [0.25, 0.3) is 0 Å². The topological polar surface area (TPSA) is 39.1 Å². The van der Waals surface area contributed by atoms with Crippen LogP contribution >= 0.6 is 11.8 Å². The minimum atomic E-state index is 0.127. The summed E-state index contributed by atoms with van der Waals surface area (Å²) in [5.74, 6) is 0.303. The summed E-state index contributed by atoms with van der Waals surface area (Å²) in [6.45, 7) is 3.98. The number of carbonyl (C=O) groups is 2. The first-order valence-electron chi connectivity index (χ1n) is 10.9. The molecule has 0 spiro atoms. The molecule has 0 atom stereocenters. The largest absolute Gasteiger partial charge is 0.309 e. The fourth-order valence-corrected chi connectivity index (χ4v) is 4.47. The zero-order valence-corrected chi connectivity index (χ0v) is 19.1. The smallest absolute Gasteiger partial charge is 0.162 e. The van der Waals surface area contributed by atoms with E-state index in [-0.39, 0.29) is 11.6 Å². The van der Waals surface area contributed by atoms with Crippen LogP contribution in [0.15, 0.2) is 65.6 Å². The summed E-state index contributed by atoms with van der Waals surface area (Å²) in [4.78, 5) is 26.3. The quantitative estimate of drug-likeness (QED) is 0.215. The third kappa shape index (κ3) is 4.05. The van der Waals surface area contributed by atoms with Crippen LogP contribution < -0.4 is 0 Å². The van der Waals surface area contributed by atoms with Gasteiger partial charge in [-0.25, -0.2) is 0 Å². The number of aromatic nitrogens is 1. The van der Waals surface area contributed by atoms with Gasteiger partial charge in [0.1, 0.15) is 0 Å². The van der Waals surface area contributed by atoms with E-state index in [0.717, 1.165) is 51.5 Å². The summed E-state index contributed by atoms with van der Waals surface area (Å²) in [5, 5.41) is 2.02. The van der Waals surface area contributed by atoms with Crippen LogP contribution in [-0.2, 0) is 0 Å². The first-order valence-corrected chi connectivity index (χ1v) is 12.1. The van der Waals surface area contributed by atoms with E-state index in [1.54, 1.807) is 11.8 Å². The van der Waals surface area contributed by atoms with Crippen molar-refractivity contribution in [3.05, 3.63) is 71.8 Å². The summed E-state index contributed by atoms with van der Waals surface area (Å²) in [6.07, 6.45) is 5.01. The maximum absolute atomic E-state index is 12.7. The molecule has 0 unspecified atom stereocenters. The molecule has 0 aliphatic rings. The number of Topliss-reactive ketones (excluding diaryl/α,β-unsaturated/α-hetero) is 2. The average molecular weight is 430 g/mol. The zero-order valence-electron chi connectivity index (χ0n) is 18.3. The number of hydrogen-bond acceptors (Lipinski definition) is 3. The van der Waals surface area contributed by atoms with Gasteiger partial charge in [-0.2, -0.15) is 0 Å². The van der Waals surface area contributed by atoms with Crippen molar-refractivity contribution in [1.82, 2.24) is 4.57 Å². The van der Waals surface area contributed by atoms with Crippen LogP contribution in [0.25, 0.3) is 27.5 Å². The van der Waals surface area contributed by atoms with E-state index in [2.05, 4.69) is 42.0 Å². The molecule has 0 saturated carbocycles. The molecule has 4 aromatic rings.